The molecule has 1 aliphatic rings. The molecule has 0 aromatic rings. The molecule has 0 radical (unpaired) electrons. The lowest BCUT2D eigenvalue weighted by Gasteiger charge is -2.33. The molecule has 12 heavy (non-hydrogen) atoms. The molecule has 0 aromatic heterocycles. The summed E-state index contributed by atoms with van der Waals surface area (Å²) < 4.78 is 13.7. The van der Waals surface area contributed by atoms with Gasteiger partial charge in [-0.3, -0.25) is 0 Å². The first kappa shape index (κ1) is 9.85. The maximum absolute atomic E-state index is 13.7. The highest BCUT2D eigenvalue weighted by Crippen LogP contribution is 2.41. The maximum atomic E-state index is 13.7. The van der Waals surface area contributed by atoms with Crippen LogP contribution in [0, 0.1) is 6.57 Å². The number of hydrogen-bond acceptors (Lipinski definition) is 1. The smallest absolute Gasteiger partial charge is 0.266 e. The van der Waals surface area contributed by atoms with E-state index >= 15 is 0 Å². The van der Waals surface area contributed by atoms with Crippen molar-refractivity contribution >= 4 is 11.8 Å². The predicted octanol–water partition coefficient (Wildman–Crippen LogP) is 2.92. The Morgan fingerprint density at radius 3 is 2.17 bits per heavy atom. The first-order chi connectivity index (χ1) is 5.52. The van der Waals surface area contributed by atoms with Crippen LogP contribution in [0.4, 0.5) is 4.39 Å². The molecule has 0 amide bonds. The van der Waals surface area contributed by atoms with Gasteiger partial charge < -0.3 is 4.85 Å². The lowest BCUT2D eigenvalue weighted by atomic mass is 9.79. The van der Waals surface area contributed by atoms with Gasteiger partial charge in [0.05, 0.1) is 0 Å². The summed E-state index contributed by atoms with van der Waals surface area (Å²) in [7, 11) is 0. The molecule has 1 nitrogen and oxygen atoms in total. The summed E-state index contributed by atoms with van der Waals surface area (Å²) in [5, 5.41) is 0. The molecule has 0 saturated carbocycles. The van der Waals surface area contributed by atoms with Crippen LogP contribution < -0.4 is 0 Å². The molecule has 0 spiro atoms. The molecule has 0 unspecified atom stereocenters. The molecule has 0 atom stereocenters. The van der Waals surface area contributed by atoms with E-state index in [4.69, 9.17) is 6.57 Å². The molecule has 1 aliphatic heterocycles. The average Bonchev–Trinajstić information content (AvgIpc) is 2.04. The standard InChI is InChI=1S/C9H14FNS/c1-8(2,10)9(11-3)4-6-12-7-5-9/h4-7H2,1-2H3. The van der Waals surface area contributed by atoms with Crippen molar-refractivity contribution in [3.05, 3.63) is 11.4 Å². The zero-order valence-corrected chi connectivity index (χ0v) is 8.38. The fourth-order valence-corrected chi connectivity index (χ4v) is 2.72. The predicted molar refractivity (Wildman–Crippen MR) is 51.1 cm³/mol. The Bertz CT molecular complexity index is 196. The van der Waals surface area contributed by atoms with Crippen LogP contribution in [0.3, 0.4) is 0 Å². The maximum Gasteiger partial charge on any atom is 0.266 e. The van der Waals surface area contributed by atoms with Gasteiger partial charge in [-0.05, 0) is 13.8 Å². The highest BCUT2D eigenvalue weighted by Gasteiger charge is 2.53. The van der Waals surface area contributed by atoms with Crippen LogP contribution in [0.5, 0.6) is 0 Å². The topological polar surface area (TPSA) is 4.36 Å². The molecule has 0 aromatic carbocycles. The van der Waals surface area contributed by atoms with E-state index in [9.17, 15) is 4.39 Å². The Morgan fingerprint density at radius 2 is 1.92 bits per heavy atom. The lowest BCUT2D eigenvalue weighted by Crippen LogP contribution is -2.46. The summed E-state index contributed by atoms with van der Waals surface area (Å²) in [6, 6.07) is 0. The van der Waals surface area contributed by atoms with E-state index in [1.807, 2.05) is 11.8 Å². The van der Waals surface area contributed by atoms with Crippen molar-refractivity contribution in [2.24, 2.45) is 0 Å². The summed E-state index contributed by atoms with van der Waals surface area (Å²) in [6.07, 6.45) is 1.40. The fourth-order valence-electron chi connectivity index (χ4n) is 1.55. The van der Waals surface area contributed by atoms with E-state index in [0.717, 1.165) is 11.5 Å². The van der Waals surface area contributed by atoms with Gasteiger partial charge in [0, 0.05) is 24.3 Å². The SMILES string of the molecule is [C-]#[N+]C1(C(C)(C)F)CCSCC1. The van der Waals surface area contributed by atoms with Crippen molar-refractivity contribution in [3.8, 4) is 0 Å². The zero-order chi connectivity index (χ0) is 9.24. The molecule has 68 valence electrons. The number of halogens is 1. The van der Waals surface area contributed by atoms with Crippen LogP contribution in [0.25, 0.3) is 4.85 Å². The number of nitrogens with zero attached hydrogens (tertiary/aromatic N) is 1. The normalized spacial score (nSPS) is 23.2. The van der Waals surface area contributed by atoms with E-state index in [2.05, 4.69) is 4.85 Å². The van der Waals surface area contributed by atoms with Crippen molar-refractivity contribution < 1.29 is 4.39 Å². The molecular formula is C9H14FNS. The second-order valence-electron chi connectivity index (χ2n) is 3.73. The highest BCUT2D eigenvalue weighted by atomic mass is 32.2. The van der Waals surface area contributed by atoms with Gasteiger partial charge in [-0.2, -0.15) is 11.8 Å². The fraction of sp³-hybridized carbons (Fsp3) is 0.889. The monoisotopic (exact) mass is 187 g/mol. The first-order valence-electron chi connectivity index (χ1n) is 4.17. The molecule has 1 fully saturated rings. The molecule has 0 bridgehead atoms. The van der Waals surface area contributed by atoms with Gasteiger partial charge in [0.15, 0.2) is 5.67 Å². The van der Waals surface area contributed by atoms with Crippen LogP contribution in [-0.2, 0) is 0 Å². The average molecular weight is 187 g/mol. The minimum atomic E-state index is -1.35. The van der Waals surface area contributed by atoms with Crippen molar-refractivity contribution in [2.45, 2.75) is 37.9 Å². The van der Waals surface area contributed by atoms with E-state index in [-0.39, 0.29) is 0 Å². The lowest BCUT2D eigenvalue weighted by molar-refractivity contribution is 0.113. The largest absolute Gasteiger partial charge is 0.307 e. The van der Waals surface area contributed by atoms with E-state index in [1.165, 1.54) is 13.8 Å². The van der Waals surface area contributed by atoms with Gasteiger partial charge >= 0.3 is 0 Å². The Kier molecular flexibility index (Phi) is 2.67. The minimum Gasteiger partial charge on any atom is -0.307 e. The van der Waals surface area contributed by atoms with Crippen LogP contribution in [0.1, 0.15) is 26.7 Å². The van der Waals surface area contributed by atoms with Gasteiger partial charge in [-0.25, -0.2) is 11.0 Å². The molecule has 3 heteroatoms. The molecule has 0 N–H and O–H groups in total. The Balaban J connectivity index is 2.83. The molecular weight excluding hydrogens is 173 g/mol. The van der Waals surface area contributed by atoms with Crippen molar-refractivity contribution in [1.82, 2.24) is 0 Å². The van der Waals surface area contributed by atoms with Crippen LogP contribution in [0.2, 0.25) is 0 Å². The Morgan fingerprint density at radius 1 is 1.42 bits per heavy atom. The Labute approximate surface area is 77.5 Å². The number of hydrogen-bond donors (Lipinski definition) is 0. The molecule has 1 saturated heterocycles. The summed E-state index contributed by atoms with van der Waals surface area (Å²) in [4.78, 5) is 3.51. The van der Waals surface area contributed by atoms with Crippen LogP contribution >= 0.6 is 11.8 Å². The van der Waals surface area contributed by atoms with Crippen LogP contribution in [0.15, 0.2) is 0 Å². The molecule has 0 aliphatic carbocycles. The quantitative estimate of drug-likeness (QED) is 0.571. The van der Waals surface area contributed by atoms with E-state index < -0.39 is 11.2 Å². The third-order valence-electron chi connectivity index (χ3n) is 2.64. The van der Waals surface area contributed by atoms with Gasteiger partial charge in [0.2, 0.25) is 0 Å². The van der Waals surface area contributed by atoms with E-state index in [1.54, 1.807) is 0 Å². The minimum absolute atomic E-state index is 0.699. The number of thioether (sulfide) groups is 1. The summed E-state index contributed by atoms with van der Waals surface area (Å²) in [5.74, 6) is 1.85. The van der Waals surface area contributed by atoms with Crippen molar-refractivity contribution in [3.63, 3.8) is 0 Å². The van der Waals surface area contributed by atoms with Gasteiger partial charge in [-0.15, -0.1) is 0 Å². The van der Waals surface area contributed by atoms with Gasteiger partial charge in [-0.1, -0.05) is 0 Å². The summed E-state index contributed by atoms with van der Waals surface area (Å²) in [6.45, 7) is 10.1. The number of alkyl halides is 1. The third-order valence-corrected chi connectivity index (χ3v) is 3.63. The molecule has 1 heterocycles. The highest BCUT2D eigenvalue weighted by molar-refractivity contribution is 7.99. The first-order valence-corrected chi connectivity index (χ1v) is 5.33. The third kappa shape index (κ3) is 1.59. The summed E-state index contributed by atoms with van der Waals surface area (Å²) in [5.41, 5.74) is -2.09. The van der Waals surface area contributed by atoms with Crippen molar-refractivity contribution in [1.29, 1.82) is 0 Å². The van der Waals surface area contributed by atoms with Gasteiger partial charge in [0.25, 0.3) is 5.54 Å². The van der Waals surface area contributed by atoms with Crippen molar-refractivity contribution in [2.75, 3.05) is 11.5 Å². The second-order valence-corrected chi connectivity index (χ2v) is 4.95. The molecule has 1 rings (SSSR count). The van der Waals surface area contributed by atoms with E-state index in [0.29, 0.717) is 12.8 Å². The Hall–Kier alpha value is -0.230. The van der Waals surface area contributed by atoms with Crippen LogP contribution in [-0.4, -0.2) is 22.7 Å². The zero-order valence-electron chi connectivity index (χ0n) is 7.56. The number of rotatable bonds is 1. The van der Waals surface area contributed by atoms with Gasteiger partial charge in [0.1, 0.15) is 0 Å². The second kappa shape index (κ2) is 3.26. The summed E-state index contributed by atoms with van der Waals surface area (Å²) >= 11 is 1.82.